The summed E-state index contributed by atoms with van der Waals surface area (Å²) >= 11 is 6.09. The van der Waals surface area contributed by atoms with Crippen LogP contribution in [0.1, 0.15) is 49.9 Å². The van der Waals surface area contributed by atoms with E-state index < -0.39 is 0 Å². The molecule has 0 aliphatic heterocycles. The van der Waals surface area contributed by atoms with E-state index in [0.717, 1.165) is 25.1 Å². The number of nitrogens with zero attached hydrogens (tertiary/aromatic N) is 1. The first kappa shape index (κ1) is 16.2. The second kappa shape index (κ2) is 7.17. The molecule has 1 amide bonds. The van der Waals surface area contributed by atoms with Crippen LogP contribution >= 0.6 is 11.6 Å². The minimum Gasteiger partial charge on any atom is -0.387 e. The van der Waals surface area contributed by atoms with Crippen molar-refractivity contribution in [2.75, 3.05) is 18.9 Å². The largest absolute Gasteiger partial charge is 0.387 e. The number of carbonyl (C=O) groups is 1. The van der Waals surface area contributed by atoms with Gasteiger partial charge in [0, 0.05) is 30.3 Å². The van der Waals surface area contributed by atoms with Crippen molar-refractivity contribution in [1.29, 1.82) is 0 Å². The van der Waals surface area contributed by atoms with Gasteiger partial charge in [-0.25, -0.2) is 0 Å². The zero-order valence-corrected chi connectivity index (χ0v) is 13.9. The predicted octanol–water partition coefficient (Wildman–Crippen LogP) is 4.42. The molecule has 3 nitrogen and oxygen atoms in total. The summed E-state index contributed by atoms with van der Waals surface area (Å²) in [5.74, 6) is 0.564. The van der Waals surface area contributed by atoms with Gasteiger partial charge in [-0.3, -0.25) is 4.79 Å². The lowest BCUT2D eigenvalue weighted by molar-refractivity contribution is 0.0656. The molecule has 116 valence electrons. The van der Waals surface area contributed by atoms with E-state index in [1.807, 2.05) is 19.2 Å². The Kier molecular flexibility index (Phi) is 5.51. The lowest BCUT2D eigenvalue weighted by Gasteiger charge is -2.31. The van der Waals surface area contributed by atoms with E-state index in [1.165, 1.54) is 12.8 Å². The summed E-state index contributed by atoms with van der Waals surface area (Å²) < 4.78 is 0. The summed E-state index contributed by atoms with van der Waals surface area (Å²) in [5, 5.41) is 3.70. The Morgan fingerprint density at radius 2 is 2.05 bits per heavy atom. The van der Waals surface area contributed by atoms with Crippen molar-refractivity contribution in [3.63, 3.8) is 0 Å². The van der Waals surface area contributed by atoms with Crippen LogP contribution in [0.4, 0.5) is 5.69 Å². The average molecular weight is 309 g/mol. The van der Waals surface area contributed by atoms with Crippen LogP contribution in [0.2, 0.25) is 5.02 Å². The summed E-state index contributed by atoms with van der Waals surface area (Å²) in [7, 11) is 1.84. The van der Waals surface area contributed by atoms with E-state index in [-0.39, 0.29) is 5.91 Å². The lowest BCUT2D eigenvalue weighted by atomic mass is 10.1. The third-order valence-corrected chi connectivity index (χ3v) is 4.30. The van der Waals surface area contributed by atoms with Gasteiger partial charge in [-0.1, -0.05) is 38.3 Å². The Bertz CT molecular complexity index is 496. The van der Waals surface area contributed by atoms with Crippen molar-refractivity contribution in [2.24, 2.45) is 5.92 Å². The highest BCUT2D eigenvalue weighted by atomic mass is 35.5. The smallest absolute Gasteiger partial charge is 0.256 e. The molecule has 1 N–H and O–H groups in total. The van der Waals surface area contributed by atoms with Crippen LogP contribution in [0, 0.1) is 5.92 Å². The first-order chi connectivity index (χ1) is 10.0. The second-order valence-corrected chi connectivity index (χ2v) is 6.67. The van der Waals surface area contributed by atoms with Crippen molar-refractivity contribution in [2.45, 2.75) is 45.6 Å². The number of hydrogen-bond acceptors (Lipinski definition) is 2. The fraction of sp³-hybridized carbons (Fsp3) is 0.588. The molecular weight excluding hydrogens is 284 g/mol. The fourth-order valence-electron chi connectivity index (χ4n) is 3.07. The highest BCUT2D eigenvalue weighted by Crippen LogP contribution is 2.28. The molecule has 1 fully saturated rings. The van der Waals surface area contributed by atoms with Gasteiger partial charge in [-0.05, 0) is 37.0 Å². The summed E-state index contributed by atoms with van der Waals surface area (Å²) in [6, 6.07) is 5.84. The molecule has 0 spiro atoms. The van der Waals surface area contributed by atoms with E-state index in [4.69, 9.17) is 11.6 Å². The first-order valence-electron chi connectivity index (χ1n) is 7.81. The minimum atomic E-state index is 0.0995. The summed E-state index contributed by atoms with van der Waals surface area (Å²) in [5.41, 5.74) is 1.52. The molecule has 0 heterocycles. The standard InChI is InChI=1S/C17H25ClN2O/c1-12(2)11-20(14-6-4-5-7-14)17(21)15-10-13(18)8-9-16(15)19-3/h8-10,12,14,19H,4-7,11H2,1-3H3. The van der Waals surface area contributed by atoms with Gasteiger partial charge >= 0.3 is 0 Å². The van der Waals surface area contributed by atoms with E-state index in [0.29, 0.717) is 22.5 Å². The normalized spacial score (nSPS) is 15.5. The molecule has 0 unspecified atom stereocenters. The molecule has 1 saturated carbocycles. The number of carbonyl (C=O) groups excluding carboxylic acids is 1. The van der Waals surface area contributed by atoms with E-state index in [1.54, 1.807) is 6.07 Å². The molecule has 1 aliphatic rings. The SMILES string of the molecule is CNc1ccc(Cl)cc1C(=O)N(CC(C)C)C1CCCC1. The summed E-state index contributed by atoms with van der Waals surface area (Å²) in [6.45, 7) is 5.12. The van der Waals surface area contributed by atoms with Gasteiger partial charge in [-0.15, -0.1) is 0 Å². The van der Waals surface area contributed by atoms with Crippen LogP contribution in [-0.4, -0.2) is 30.4 Å². The molecular formula is C17H25ClN2O. The topological polar surface area (TPSA) is 32.3 Å². The highest BCUT2D eigenvalue weighted by Gasteiger charge is 2.29. The Morgan fingerprint density at radius 3 is 2.62 bits per heavy atom. The molecule has 21 heavy (non-hydrogen) atoms. The molecule has 1 aromatic carbocycles. The molecule has 1 aliphatic carbocycles. The van der Waals surface area contributed by atoms with Gasteiger partial charge in [0.15, 0.2) is 0 Å². The molecule has 1 aromatic rings. The minimum absolute atomic E-state index is 0.0995. The third-order valence-electron chi connectivity index (χ3n) is 4.07. The van der Waals surface area contributed by atoms with Crippen LogP contribution < -0.4 is 5.32 Å². The maximum absolute atomic E-state index is 13.0. The van der Waals surface area contributed by atoms with Crippen LogP contribution in [0.3, 0.4) is 0 Å². The number of anilines is 1. The van der Waals surface area contributed by atoms with Gasteiger partial charge in [0.2, 0.25) is 0 Å². The zero-order valence-electron chi connectivity index (χ0n) is 13.2. The van der Waals surface area contributed by atoms with Gasteiger partial charge in [-0.2, -0.15) is 0 Å². The monoisotopic (exact) mass is 308 g/mol. The van der Waals surface area contributed by atoms with Crippen molar-refractivity contribution in [3.05, 3.63) is 28.8 Å². The predicted molar refractivity (Wildman–Crippen MR) is 89.1 cm³/mol. The lowest BCUT2D eigenvalue weighted by Crippen LogP contribution is -2.41. The Morgan fingerprint density at radius 1 is 1.38 bits per heavy atom. The zero-order chi connectivity index (χ0) is 15.4. The number of amides is 1. The maximum atomic E-state index is 13.0. The van der Waals surface area contributed by atoms with Gasteiger partial charge < -0.3 is 10.2 Å². The quantitative estimate of drug-likeness (QED) is 0.873. The Balaban J connectivity index is 2.30. The molecule has 0 atom stereocenters. The van der Waals surface area contributed by atoms with Crippen LogP contribution in [0.5, 0.6) is 0 Å². The molecule has 0 radical (unpaired) electrons. The molecule has 4 heteroatoms. The number of hydrogen-bond donors (Lipinski definition) is 1. The van der Waals surface area contributed by atoms with Gasteiger partial charge in [0.05, 0.1) is 5.56 Å². The summed E-state index contributed by atoms with van der Waals surface area (Å²) in [6.07, 6.45) is 4.68. The van der Waals surface area contributed by atoms with Crippen LogP contribution in [0.15, 0.2) is 18.2 Å². The number of nitrogens with one attached hydrogen (secondary N) is 1. The van der Waals surface area contributed by atoms with Crippen molar-refractivity contribution < 1.29 is 4.79 Å². The van der Waals surface area contributed by atoms with Gasteiger partial charge in [0.1, 0.15) is 0 Å². The van der Waals surface area contributed by atoms with Crippen LogP contribution in [0.25, 0.3) is 0 Å². The average Bonchev–Trinajstić information content (AvgIpc) is 2.97. The molecule has 0 aromatic heterocycles. The van der Waals surface area contributed by atoms with E-state index in [2.05, 4.69) is 24.1 Å². The first-order valence-corrected chi connectivity index (χ1v) is 8.19. The molecule has 0 saturated heterocycles. The number of benzene rings is 1. The number of halogens is 1. The highest BCUT2D eigenvalue weighted by molar-refractivity contribution is 6.31. The van der Waals surface area contributed by atoms with Gasteiger partial charge in [0.25, 0.3) is 5.91 Å². The Hall–Kier alpha value is -1.22. The second-order valence-electron chi connectivity index (χ2n) is 6.23. The van der Waals surface area contributed by atoms with Crippen LogP contribution in [-0.2, 0) is 0 Å². The molecule has 2 rings (SSSR count). The van der Waals surface area contributed by atoms with Crippen molar-refractivity contribution in [3.8, 4) is 0 Å². The molecule has 0 bridgehead atoms. The summed E-state index contributed by atoms with van der Waals surface area (Å²) in [4.78, 5) is 15.1. The number of rotatable bonds is 5. The van der Waals surface area contributed by atoms with Crippen molar-refractivity contribution >= 4 is 23.2 Å². The Labute approximate surface area is 132 Å². The van der Waals surface area contributed by atoms with Crippen molar-refractivity contribution in [1.82, 2.24) is 4.90 Å². The maximum Gasteiger partial charge on any atom is 0.256 e. The van der Waals surface area contributed by atoms with E-state index >= 15 is 0 Å². The van der Waals surface area contributed by atoms with E-state index in [9.17, 15) is 4.79 Å². The fourth-order valence-corrected chi connectivity index (χ4v) is 3.25. The third kappa shape index (κ3) is 3.91.